The number of imide groups is 1. The molecule has 2 heterocycles. The number of hydrogen-bond donors (Lipinski definition) is 1. The first kappa shape index (κ1) is 36.1. The van der Waals surface area contributed by atoms with Crippen LogP contribution in [0.15, 0.2) is 38.0 Å². The van der Waals surface area contributed by atoms with Crippen molar-refractivity contribution < 1.29 is 41.4 Å². The molecule has 3 rings (SSSR count). The average molecular weight is 661 g/mol. The van der Waals surface area contributed by atoms with Crippen molar-refractivity contribution in [3.05, 3.63) is 50.2 Å². The normalized spacial score (nSPS) is 12.6. The number of nitrogens with zero attached hydrogens (tertiary/aromatic N) is 7. The van der Waals surface area contributed by atoms with Crippen molar-refractivity contribution in [1.82, 2.24) is 23.8 Å². The molecule has 0 spiro atoms. The summed E-state index contributed by atoms with van der Waals surface area (Å²) in [4.78, 5) is 83.0. The molecule has 0 fully saturated rings. The van der Waals surface area contributed by atoms with E-state index >= 15 is 0 Å². The van der Waals surface area contributed by atoms with Crippen molar-refractivity contribution in [1.29, 1.82) is 0 Å². The van der Waals surface area contributed by atoms with Crippen LogP contribution in [0, 0.1) is 0 Å². The fraction of sp³-hybridized carbons (Fsp3) is 0.517. The zero-order valence-electron chi connectivity index (χ0n) is 25.8. The van der Waals surface area contributed by atoms with Crippen molar-refractivity contribution in [2.75, 3.05) is 26.2 Å². The van der Waals surface area contributed by atoms with Gasteiger partial charge in [-0.15, -0.1) is 10.2 Å². The monoisotopic (exact) mass is 660 g/mol. The first-order valence-electron chi connectivity index (χ1n) is 14.6. The summed E-state index contributed by atoms with van der Waals surface area (Å²) in [5.74, 6) is -2.96. The molecule has 0 saturated heterocycles. The Bertz CT molecular complexity index is 1550. The van der Waals surface area contributed by atoms with E-state index < -0.39 is 59.5 Å². The molecule has 2 aromatic rings. The van der Waals surface area contributed by atoms with Gasteiger partial charge >= 0.3 is 22.8 Å². The van der Waals surface area contributed by atoms with Crippen molar-refractivity contribution in [2.24, 2.45) is 10.2 Å². The van der Waals surface area contributed by atoms with Gasteiger partial charge < -0.3 is 14.9 Å². The Morgan fingerprint density at radius 3 is 1.82 bits per heavy atom. The van der Waals surface area contributed by atoms with Crippen molar-refractivity contribution >= 4 is 35.0 Å². The van der Waals surface area contributed by atoms with Crippen LogP contribution in [0.4, 0.5) is 11.4 Å². The van der Waals surface area contributed by atoms with Crippen LogP contribution in [0.25, 0.3) is 0 Å². The van der Waals surface area contributed by atoms with Crippen LogP contribution in [-0.4, -0.2) is 84.8 Å². The quantitative estimate of drug-likeness (QED) is 0.196. The molecule has 1 N–H and O–H groups in total. The van der Waals surface area contributed by atoms with Crippen molar-refractivity contribution in [3.63, 3.8) is 0 Å². The van der Waals surface area contributed by atoms with Gasteiger partial charge in [-0.3, -0.25) is 33.4 Å². The number of carbonyl (C=O) groups is 4. The Balaban J connectivity index is 0.00000675. The molecule has 1 aliphatic heterocycles. The number of azo groups is 1. The average Bonchev–Trinajstić information content (AvgIpc) is 3.25. The Morgan fingerprint density at radius 2 is 1.32 bits per heavy atom. The maximum Gasteiger partial charge on any atom is 2.00 e. The van der Waals surface area contributed by atoms with Crippen LogP contribution in [0.1, 0.15) is 75.1 Å². The van der Waals surface area contributed by atoms with Gasteiger partial charge in [0.15, 0.2) is 0 Å². The third kappa shape index (κ3) is 6.83. The van der Waals surface area contributed by atoms with E-state index in [1.165, 1.54) is 32.9 Å². The summed E-state index contributed by atoms with van der Waals surface area (Å²) < 4.78 is 1.27. The fourth-order valence-electron chi connectivity index (χ4n) is 5.13. The number of fused-ring (bicyclic) bond motifs is 1. The molecule has 0 atom stereocenters. The first-order valence-corrected chi connectivity index (χ1v) is 14.6. The van der Waals surface area contributed by atoms with Gasteiger partial charge in [0.25, 0.3) is 17.4 Å². The van der Waals surface area contributed by atoms with Crippen LogP contribution in [-0.2, 0) is 39.7 Å². The van der Waals surface area contributed by atoms with Crippen LogP contribution in [0.3, 0.4) is 0 Å². The molecule has 1 radical (unpaired) electrons. The molecule has 0 saturated carbocycles. The summed E-state index contributed by atoms with van der Waals surface area (Å²) in [6.45, 7) is 10.8. The number of likely N-dealkylation sites (N-methyl/N-ethyl adjacent to an activating group) is 2. The van der Waals surface area contributed by atoms with Gasteiger partial charge in [-0.1, -0.05) is 19.9 Å². The van der Waals surface area contributed by atoms with E-state index in [9.17, 15) is 33.9 Å². The minimum atomic E-state index is -1.10. The van der Waals surface area contributed by atoms with Gasteiger partial charge in [-0.2, -0.15) is 0 Å². The van der Waals surface area contributed by atoms with Gasteiger partial charge in [0.05, 0.1) is 16.8 Å². The first-order chi connectivity index (χ1) is 20.5. The number of amides is 4. The second kappa shape index (κ2) is 15.6. The topological polar surface area (TPSA) is 167 Å². The molecule has 0 unspecified atom stereocenters. The fourth-order valence-corrected chi connectivity index (χ4v) is 5.13. The van der Waals surface area contributed by atoms with E-state index in [1.807, 2.05) is 13.8 Å². The molecule has 1 aliphatic rings. The molecule has 241 valence electrons. The third-order valence-corrected chi connectivity index (χ3v) is 7.69. The van der Waals surface area contributed by atoms with Gasteiger partial charge in [0, 0.05) is 32.2 Å². The predicted octanol–water partition coefficient (Wildman–Crippen LogP) is 2.65. The SMILES string of the molecule is CCC(CC)N1C(=O)c2cccc(N=Nc3c(O)n(CC(=O)N(CC)CC)c(=O)n(CC(=O)N(CC)CC)c3=O)c2C1=O.[Cu+2]. The molecule has 1 aromatic carbocycles. The summed E-state index contributed by atoms with van der Waals surface area (Å²) in [6.07, 6.45) is 1.12. The summed E-state index contributed by atoms with van der Waals surface area (Å²) in [6, 6.07) is 4.13. The molecule has 0 bridgehead atoms. The van der Waals surface area contributed by atoms with Crippen LogP contribution in [0.2, 0.25) is 0 Å². The van der Waals surface area contributed by atoms with Crippen molar-refractivity contribution in [2.45, 2.75) is 73.5 Å². The summed E-state index contributed by atoms with van der Waals surface area (Å²) in [5.41, 5.74) is -2.76. The molecule has 0 aliphatic carbocycles. The van der Waals surface area contributed by atoms with Gasteiger partial charge in [-0.25, -0.2) is 9.36 Å². The number of benzene rings is 1. The van der Waals surface area contributed by atoms with E-state index in [-0.39, 0.29) is 39.9 Å². The maximum absolute atomic E-state index is 13.5. The van der Waals surface area contributed by atoms with Gasteiger partial charge in [0.2, 0.25) is 23.4 Å². The van der Waals surface area contributed by atoms with Crippen molar-refractivity contribution in [3.8, 4) is 5.88 Å². The molecule has 1 aromatic heterocycles. The minimum Gasteiger partial charge on any atom is -0.493 e. The molecular formula is C29H39CuN7O7+2. The minimum absolute atomic E-state index is 0. The number of aromatic nitrogens is 2. The Hall–Kier alpha value is -4.10. The standard InChI is InChI=1S/C29H39N7O7.Cu/c1-7-18(8-2)36-25(39)19-14-13-15-20(23(19)26(36)40)30-31-24-27(41)34(16-21(37)32(9-3)10-4)29(43)35(28(24)42)17-22(38)33(11-5)12-6;/h13-15,18,41H,7-12,16-17H2,1-6H3;/q;+2. The molecule has 15 heteroatoms. The Morgan fingerprint density at radius 1 is 0.795 bits per heavy atom. The van der Waals surface area contributed by atoms with Crippen LogP contribution >= 0.6 is 0 Å². The largest absolute Gasteiger partial charge is 2.00 e. The van der Waals surface area contributed by atoms with Gasteiger partial charge in [0.1, 0.15) is 13.1 Å². The number of carbonyl (C=O) groups excluding carboxylic acids is 4. The maximum atomic E-state index is 13.5. The Labute approximate surface area is 265 Å². The van der Waals surface area contributed by atoms with E-state index in [0.717, 1.165) is 0 Å². The predicted molar refractivity (Wildman–Crippen MR) is 158 cm³/mol. The number of hydrogen-bond acceptors (Lipinski definition) is 9. The zero-order valence-corrected chi connectivity index (χ0v) is 26.7. The summed E-state index contributed by atoms with van der Waals surface area (Å²) in [7, 11) is 0. The second-order valence-corrected chi connectivity index (χ2v) is 9.91. The van der Waals surface area contributed by atoms with E-state index in [2.05, 4.69) is 10.2 Å². The summed E-state index contributed by atoms with van der Waals surface area (Å²) in [5, 5.41) is 19.0. The second-order valence-electron chi connectivity index (χ2n) is 9.91. The smallest absolute Gasteiger partial charge is 0.493 e. The van der Waals surface area contributed by atoms with E-state index in [4.69, 9.17) is 0 Å². The van der Waals surface area contributed by atoms with Crippen LogP contribution < -0.4 is 11.2 Å². The number of aromatic hydroxyl groups is 1. The van der Waals surface area contributed by atoms with E-state index in [0.29, 0.717) is 48.2 Å². The number of rotatable bonds is 13. The molecule has 14 nitrogen and oxygen atoms in total. The van der Waals surface area contributed by atoms with Crippen LogP contribution in [0.5, 0.6) is 5.88 Å². The zero-order chi connectivity index (χ0) is 32.0. The molecule has 4 amide bonds. The van der Waals surface area contributed by atoms with Gasteiger partial charge in [-0.05, 0) is 52.7 Å². The molecular weight excluding hydrogens is 622 g/mol. The Kier molecular flexibility index (Phi) is 12.8. The third-order valence-electron chi connectivity index (χ3n) is 7.69. The van der Waals surface area contributed by atoms with E-state index in [1.54, 1.807) is 27.7 Å². The molecule has 44 heavy (non-hydrogen) atoms. The summed E-state index contributed by atoms with van der Waals surface area (Å²) >= 11 is 0.